The second-order valence-electron chi connectivity index (χ2n) is 6.64. The molecule has 1 N–H and O–H groups in total. The molecular formula is C19H23N3O5. The summed E-state index contributed by atoms with van der Waals surface area (Å²) in [5.41, 5.74) is 0.799. The van der Waals surface area contributed by atoms with Crippen LogP contribution < -0.4 is 5.32 Å². The molecule has 0 saturated carbocycles. The number of rotatable bonds is 6. The molecule has 1 atom stereocenters. The van der Waals surface area contributed by atoms with E-state index in [1.165, 1.54) is 4.90 Å². The highest BCUT2D eigenvalue weighted by Crippen LogP contribution is 2.22. The summed E-state index contributed by atoms with van der Waals surface area (Å²) in [6, 6.07) is 6.07. The van der Waals surface area contributed by atoms with E-state index in [2.05, 4.69) is 5.32 Å². The molecule has 0 bridgehead atoms. The average Bonchev–Trinajstić information content (AvgIpc) is 2.93. The highest BCUT2D eigenvalue weighted by molar-refractivity contribution is 6.21. The molecule has 27 heavy (non-hydrogen) atoms. The summed E-state index contributed by atoms with van der Waals surface area (Å²) in [4.78, 5) is 51.8. The quantitative estimate of drug-likeness (QED) is 0.730. The minimum atomic E-state index is -0.616. The predicted octanol–water partition coefficient (Wildman–Crippen LogP) is 0.426. The van der Waals surface area contributed by atoms with Crippen molar-refractivity contribution < 1.29 is 23.9 Å². The number of imide groups is 1. The molecule has 8 heteroatoms. The zero-order valence-electron chi connectivity index (χ0n) is 15.3. The molecule has 2 heterocycles. The highest BCUT2D eigenvalue weighted by atomic mass is 16.5. The maximum atomic E-state index is 12.3. The Morgan fingerprint density at radius 3 is 2.30 bits per heavy atom. The number of nitrogens with one attached hydrogen (secondary N) is 1. The number of fused-ring (bicyclic) bond motifs is 1. The van der Waals surface area contributed by atoms with Crippen molar-refractivity contribution in [1.82, 2.24) is 15.1 Å². The fraction of sp³-hybridized carbons (Fsp3) is 0.474. The van der Waals surface area contributed by atoms with Gasteiger partial charge in [-0.1, -0.05) is 12.1 Å². The fourth-order valence-electron chi connectivity index (χ4n) is 3.27. The Morgan fingerprint density at radius 2 is 1.70 bits per heavy atom. The molecular weight excluding hydrogens is 350 g/mol. The number of benzene rings is 1. The van der Waals surface area contributed by atoms with Crippen molar-refractivity contribution in [3.05, 3.63) is 35.4 Å². The van der Waals surface area contributed by atoms with Gasteiger partial charge in [0.05, 0.1) is 24.3 Å². The molecule has 0 unspecified atom stereocenters. The Balaban J connectivity index is 1.44. The van der Waals surface area contributed by atoms with Crippen LogP contribution in [0.5, 0.6) is 0 Å². The minimum Gasteiger partial charge on any atom is -0.378 e. The van der Waals surface area contributed by atoms with Gasteiger partial charge in [0, 0.05) is 26.1 Å². The van der Waals surface area contributed by atoms with Crippen molar-refractivity contribution in [1.29, 1.82) is 0 Å². The molecule has 2 aliphatic rings. The summed E-state index contributed by atoms with van der Waals surface area (Å²) < 4.78 is 5.21. The van der Waals surface area contributed by atoms with Crippen molar-refractivity contribution in [2.24, 2.45) is 0 Å². The number of carbonyl (C=O) groups excluding carboxylic acids is 4. The van der Waals surface area contributed by atoms with Gasteiger partial charge in [0.1, 0.15) is 6.04 Å². The molecule has 3 rings (SSSR count). The third-order valence-corrected chi connectivity index (χ3v) is 4.73. The number of ether oxygens (including phenoxy) is 1. The lowest BCUT2D eigenvalue weighted by Gasteiger charge is -2.29. The van der Waals surface area contributed by atoms with Crippen LogP contribution in [0.3, 0.4) is 0 Å². The first kappa shape index (κ1) is 19.0. The topological polar surface area (TPSA) is 96.0 Å². The largest absolute Gasteiger partial charge is 0.378 e. The van der Waals surface area contributed by atoms with Crippen LogP contribution in [0.1, 0.15) is 40.5 Å². The zero-order valence-corrected chi connectivity index (χ0v) is 15.3. The van der Waals surface area contributed by atoms with Gasteiger partial charge in [-0.25, -0.2) is 0 Å². The number of amides is 4. The van der Waals surface area contributed by atoms with Crippen molar-refractivity contribution in [3.63, 3.8) is 0 Å². The predicted molar refractivity (Wildman–Crippen MR) is 96.0 cm³/mol. The maximum absolute atomic E-state index is 12.3. The molecule has 144 valence electrons. The SMILES string of the molecule is C[C@@H](NC(=O)CCCN1C(=O)c2ccccc2C1=O)C(=O)N1CCOCC1. The Labute approximate surface area is 157 Å². The van der Waals surface area contributed by atoms with Gasteiger partial charge in [0.25, 0.3) is 11.8 Å². The Morgan fingerprint density at radius 1 is 1.11 bits per heavy atom. The van der Waals surface area contributed by atoms with Crippen molar-refractivity contribution in [3.8, 4) is 0 Å². The van der Waals surface area contributed by atoms with Crippen molar-refractivity contribution >= 4 is 23.6 Å². The van der Waals surface area contributed by atoms with Gasteiger partial charge in [-0.2, -0.15) is 0 Å². The first-order valence-corrected chi connectivity index (χ1v) is 9.10. The number of hydrogen-bond donors (Lipinski definition) is 1. The molecule has 0 radical (unpaired) electrons. The Bertz CT molecular complexity index is 722. The van der Waals surface area contributed by atoms with E-state index in [0.717, 1.165) is 0 Å². The van der Waals surface area contributed by atoms with Crippen LogP contribution >= 0.6 is 0 Å². The maximum Gasteiger partial charge on any atom is 0.261 e. The van der Waals surface area contributed by atoms with E-state index in [4.69, 9.17) is 4.74 Å². The van der Waals surface area contributed by atoms with E-state index in [-0.39, 0.29) is 36.6 Å². The molecule has 1 fully saturated rings. The number of nitrogens with zero attached hydrogens (tertiary/aromatic N) is 2. The van der Waals surface area contributed by atoms with E-state index in [0.29, 0.717) is 43.9 Å². The Kier molecular flexibility index (Phi) is 5.85. The molecule has 0 aromatic heterocycles. The lowest BCUT2D eigenvalue weighted by atomic mass is 10.1. The summed E-state index contributed by atoms with van der Waals surface area (Å²) in [5.74, 6) is -1.06. The van der Waals surface area contributed by atoms with Crippen LogP contribution in [-0.4, -0.2) is 72.3 Å². The van der Waals surface area contributed by atoms with Crippen LogP contribution in [0.25, 0.3) is 0 Å². The van der Waals surface area contributed by atoms with Crippen LogP contribution in [0.2, 0.25) is 0 Å². The van der Waals surface area contributed by atoms with Gasteiger partial charge in [0.15, 0.2) is 0 Å². The number of hydrogen-bond acceptors (Lipinski definition) is 5. The Hall–Kier alpha value is -2.74. The van der Waals surface area contributed by atoms with Crippen LogP contribution in [0, 0.1) is 0 Å². The second kappa shape index (κ2) is 8.30. The summed E-state index contributed by atoms with van der Waals surface area (Å²) in [5, 5.41) is 2.68. The van der Waals surface area contributed by atoms with E-state index < -0.39 is 6.04 Å². The zero-order chi connectivity index (χ0) is 19.4. The van der Waals surface area contributed by atoms with E-state index >= 15 is 0 Å². The molecule has 8 nitrogen and oxygen atoms in total. The lowest BCUT2D eigenvalue weighted by molar-refractivity contribution is -0.139. The number of carbonyl (C=O) groups is 4. The highest BCUT2D eigenvalue weighted by Gasteiger charge is 2.34. The van der Waals surface area contributed by atoms with Gasteiger partial charge in [-0.3, -0.25) is 24.1 Å². The minimum absolute atomic E-state index is 0.132. The van der Waals surface area contributed by atoms with Crippen molar-refractivity contribution in [2.45, 2.75) is 25.8 Å². The molecule has 4 amide bonds. The monoisotopic (exact) mass is 373 g/mol. The smallest absolute Gasteiger partial charge is 0.261 e. The third-order valence-electron chi connectivity index (χ3n) is 4.73. The molecule has 1 aromatic rings. The lowest BCUT2D eigenvalue weighted by Crippen LogP contribution is -2.50. The van der Waals surface area contributed by atoms with E-state index in [1.807, 2.05) is 0 Å². The average molecular weight is 373 g/mol. The molecule has 2 aliphatic heterocycles. The van der Waals surface area contributed by atoms with Gasteiger partial charge in [-0.15, -0.1) is 0 Å². The van der Waals surface area contributed by atoms with Gasteiger partial charge >= 0.3 is 0 Å². The normalized spacial score (nSPS) is 17.7. The van der Waals surface area contributed by atoms with E-state index in [9.17, 15) is 19.2 Å². The van der Waals surface area contributed by atoms with Crippen LogP contribution in [0.4, 0.5) is 0 Å². The molecule has 0 spiro atoms. The number of morpholine rings is 1. The van der Waals surface area contributed by atoms with Crippen molar-refractivity contribution in [2.75, 3.05) is 32.8 Å². The first-order chi connectivity index (χ1) is 13.0. The van der Waals surface area contributed by atoms with Gasteiger partial charge in [0.2, 0.25) is 11.8 Å². The standard InChI is InChI=1S/C19H23N3O5/c1-13(17(24)21-9-11-27-12-10-21)20-16(23)7-4-8-22-18(25)14-5-2-3-6-15(14)19(22)26/h2-3,5-6,13H,4,7-12H2,1H3,(H,20,23)/t13-/m1/s1. The molecule has 1 saturated heterocycles. The van der Waals surface area contributed by atoms with Gasteiger partial charge < -0.3 is 15.0 Å². The second-order valence-corrected chi connectivity index (χ2v) is 6.64. The molecule has 1 aromatic carbocycles. The summed E-state index contributed by atoms with van der Waals surface area (Å²) in [6.45, 7) is 3.89. The van der Waals surface area contributed by atoms with Gasteiger partial charge in [-0.05, 0) is 25.5 Å². The summed E-state index contributed by atoms with van der Waals surface area (Å²) in [6.07, 6.45) is 0.476. The molecule has 0 aliphatic carbocycles. The summed E-state index contributed by atoms with van der Waals surface area (Å²) in [7, 11) is 0. The van der Waals surface area contributed by atoms with Crippen LogP contribution in [-0.2, 0) is 14.3 Å². The third kappa shape index (κ3) is 4.16. The first-order valence-electron chi connectivity index (χ1n) is 9.10. The van der Waals surface area contributed by atoms with Crippen LogP contribution in [0.15, 0.2) is 24.3 Å². The summed E-state index contributed by atoms with van der Waals surface area (Å²) >= 11 is 0. The fourth-order valence-corrected chi connectivity index (χ4v) is 3.27. The van der Waals surface area contributed by atoms with E-state index in [1.54, 1.807) is 36.1 Å².